The first kappa shape index (κ1) is 11.4. The van der Waals surface area contributed by atoms with E-state index in [1.165, 1.54) is 14.2 Å². The Morgan fingerprint density at radius 1 is 1.42 bits per heavy atom. The molecule has 5 heteroatoms. The van der Waals surface area contributed by atoms with Crippen molar-refractivity contribution in [3.8, 4) is 0 Å². The Bertz CT molecular complexity index is 153. The average Bonchev–Trinajstić information content (AvgIpc) is 1.85. The van der Waals surface area contributed by atoms with Crippen LogP contribution in [-0.4, -0.2) is 36.1 Å². The molecule has 0 rings (SSSR count). The van der Waals surface area contributed by atoms with Crippen LogP contribution in [0.15, 0.2) is 0 Å². The summed E-state index contributed by atoms with van der Waals surface area (Å²) in [5, 5.41) is 9.71. The van der Waals surface area contributed by atoms with Crippen molar-refractivity contribution < 1.29 is 19.6 Å². The molecule has 0 saturated carbocycles. The summed E-state index contributed by atoms with van der Waals surface area (Å²) < 4.78 is 0. The molecule has 0 bridgehead atoms. The molecular formula is C7H15NO4. The van der Waals surface area contributed by atoms with E-state index in [9.17, 15) is 4.79 Å². The normalized spacial score (nSPS) is 12.1. The third kappa shape index (κ3) is 3.17. The number of carbonyl (C=O) groups is 1. The summed E-state index contributed by atoms with van der Waals surface area (Å²) in [5.74, 6) is -0.890. The van der Waals surface area contributed by atoms with E-state index >= 15 is 0 Å². The van der Waals surface area contributed by atoms with E-state index in [-0.39, 0.29) is 6.42 Å². The Labute approximate surface area is 71.8 Å². The fraction of sp³-hybridized carbons (Fsp3) is 0.857. The molecule has 0 radical (unpaired) electrons. The summed E-state index contributed by atoms with van der Waals surface area (Å²) in [4.78, 5) is 20.0. The summed E-state index contributed by atoms with van der Waals surface area (Å²) in [6.45, 7) is 3.43. The van der Waals surface area contributed by atoms with Crippen LogP contribution >= 0.6 is 0 Å². The fourth-order valence-electron chi connectivity index (χ4n) is 1.00. The Hall–Kier alpha value is -0.650. The van der Waals surface area contributed by atoms with Crippen molar-refractivity contribution in [2.75, 3.05) is 14.2 Å². The van der Waals surface area contributed by atoms with Crippen molar-refractivity contribution in [3.63, 3.8) is 0 Å². The van der Waals surface area contributed by atoms with Crippen LogP contribution in [0.2, 0.25) is 0 Å². The highest BCUT2D eigenvalue weighted by molar-refractivity contribution is 5.68. The molecule has 0 amide bonds. The molecule has 0 aromatic heterocycles. The molecule has 0 aromatic rings. The summed E-state index contributed by atoms with van der Waals surface area (Å²) >= 11 is 0. The molecule has 0 aliphatic heterocycles. The lowest BCUT2D eigenvalue weighted by Gasteiger charge is -2.32. The molecule has 0 unspecified atom stereocenters. The van der Waals surface area contributed by atoms with Crippen molar-refractivity contribution in [2.45, 2.75) is 25.8 Å². The Morgan fingerprint density at radius 2 is 1.83 bits per heavy atom. The second kappa shape index (κ2) is 4.39. The van der Waals surface area contributed by atoms with Gasteiger partial charge in [-0.25, -0.2) is 0 Å². The van der Waals surface area contributed by atoms with Crippen LogP contribution in [0.3, 0.4) is 0 Å². The Balaban J connectivity index is 4.24. The maximum absolute atomic E-state index is 10.4. The van der Waals surface area contributed by atoms with Crippen LogP contribution in [0.4, 0.5) is 0 Å². The van der Waals surface area contributed by atoms with E-state index in [2.05, 4.69) is 0 Å². The molecule has 0 aromatic carbocycles. The Morgan fingerprint density at radius 3 is 2.08 bits per heavy atom. The molecule has 0 fully saturated rings. The van der Waals surface area contributed by atoms with E-state index in [1.807, 2.05) is 0 Å². The molecule has 0 heterocycles. The molecule has 12 heavy (non-hydrogen) atoms. The van der Waals surface area contributed by atoms with Gasteiger partial charge < -0.3 is 5.11 Å². The maximum atomic E-state index is 10.4. The van der Waals surface area contributed by atoms with E-state index in [0.29, 0.717) is 0 Å². The summed E-state index contributed by atoms with van der Waals surface area (Å²) in [6, 6.07) is 0. The SMILES string of the molecule is CON(OC)C(C)(C)CC(=O)O. The first-order valence-corrected chi connectivity index (χ1v) is 3.54. The maximum Gasteiger partial charge on any atom is 0.305 e. The van der Waals surface area contributed by atoms with E-state index < -0.39 is 11.5 Å². The third-order valence-corrected chi connectivity index (χ3v) is 1.41. The molecule has 0 aliphatic rings. The lowest BCUT2D eigenvalue weighted by atomic mass is 10.0. The van der Waals surface area contributed by atoms with Crippen molar-refractivity contribution in [1.29, 1.82) is 0 Å². The van der Waals surface area contributed by atoms with Gasteiger partial charge in [0.25, 0.3) is 0 Å². The number of hydrogen-bond acceptors (Lipinski definition) is 4. The smallest absolute Gasteiger partial charge is 0.305 e. The zero-order valence-electron chi connectivity index (χ0n) is 7.83. The largest absolute Gasteiger partial charge is 0.481 e. The number of carboxylic acids is 1. The zero-order chi connectivity index (χ0) is 9.78. The molecule has 0 spiro atoms. The molecule has 0 atom stereocenters. The minimum atomic E-state index is -0.890. The molecule has 0 saturated heterocycles. The lowest BCUT2D eigenvalue weighted by molar-refractivity contribution is -0.385. The summed E-state index contributed by atoms with van der Waals surface area (Å²) in [6.07, 6.45) is -0.0469. The van der Waals surface area contributed by atoms with Crippen molar-refractivity contribution in [3.05, 3.63) is 0 Å². The standard InChI is InChI=1S/C7H15NO4/c1-7(2,5-6(9)10)8(11-3)12-4/h5H2,1-4H3,(H,9,10). The van der Waals surface area contributed by atoms with Crippen LogP contribution in [0, 0.1) is 0 Å². The highest BCUT2D eigenvalue weighted by atomic mass is 16.9. The Kier molecular flexibility index (Phi) is 4.16. The molecule has 1 N–H and O–H groups in total. The average molecular weight is 177 g/mol. The van der Waals surface area contributed by atoms with Gasteiger partial charge in [-0.1, -0.05) is 5.23 Å². The molecule has 5 nitrogen and oxygen atoms in total. The molecule has 72 valence electrons. The number of hydroxylamine groups is 2. The first-order valence-electron chi connectivity index (χ1n) is 3.54. The van der Waals surface area contributed by atoms with Crippen LogP contribution < -0.4 is 0 Å². The second-order valence-corrected chi connectivity index (χ2v) is 3.01. The minimum Gasteiger partial charge on any atom is -0.481 e. The van der Waals surface area contributed by atoms with Crippen LogP contribution in [-0.2, 0) is 14.5 Å². The van der Waals surface area contributed by atoms with Gasteiger partial charge >= 0.3 is 5.97 Å². The van der Waals surface area contributed by atoms with Gasteiger partial charge in [-0.05, 0) is 13.8 Å². The highest BCUT2D eigenvalue weighted by Crippen LogP contribution is 2.18. The third-order valence-electron chi connectivity index (χ3n) is 1.41. The summed E-state index contributed by atoms with van der Waals surface area (Å²) in [7, 11) is 2.85. The second-order valence-electron chi connectivity index (χ2n) is 3.01. The first-order chi connectivity index (χ1) is 5.44. The van der Waals surface area contributed by atoms with Crippen LogP contribution in [0.25, 0.3) is 0 Å². The number of carboxylic acid groups (broad SMARTS) is 1. The molecular weight excluding hydrogens is 162 g/mol. The quantitative estimate of drug-likeness (QED) is 0.625. The fourth-order valence-corrected chi connectivity index (χ4v) is 1.00. The van der Waals surface area contributed by atoms with Gasteiger partial charge in [-0.15, -0.1) is 0 Å². The van der Waals surface area contributed by atoms with Gasteiger partial charge in [0.1, 0.15) is 0 Å². The monoisotopic (exact) mass is 177 g/mol. The number of nitrogens with zero attached hydrogens (tertiary/aromatic N) is 1. The van der Waals surface area contributed by atoms with E-state index in [4.69, 9.17) is 14.8 Å². The zero-order valence-corrected chi connectivity index (χ0v) is 7.83. The van der Waals surface area contributed by atoms with Crippen molar-refractivity contribution >= 4 is 5.97 Å². The number of aliphatic carboxylic acids is 1. The topological polar surface area (TPSA) is 59.0 Å². The predicted octanol–water partition coefficient (Wildman–Crippen LogP) is 0.664. The van der Waals surface area contributed by atoms with Crippen LogP contribution in [0.1, 0.15) is 20.3 Å². The van der Waals surface area contributed by atoms with Crippen LogP contribution in [0.5, 0.6) is 0 Å². The van der Waals surface area contributed by atoms with Gasteiger partial charge in [-0.3, -0.25) is 14.5 Å². The predicted molar refractivity (Wildman–Crippen MR) is 42.2 cm³/mol. The number of rotatable bonds is 5. The molecule has 0 aliphatic carbocycles. The van der Waals surface area contributed by atoms with E-state index in [1.54, 1.807) is 13.8 Å². The van der Waals surface area contributed by atoms with Gasteiger partial charge in [0.15, 0.2) is 0 Å². The van der Waals surface area contributed by atoms with Crippen molar-refractivity contribution in [1.82, 2.24) is 5.23 Å². The number of hydrogen-bond donors (Lipinski definition) is 1. The van der Waals surface area contributed by atoms with Gasteiger partial charge in [0.2, 0.25) is 0 Å². The minimum absolute atomic E-state index is 0.0469. The van der Waals surface area contributed by atoms with Gasteiger partial charge in [-0.2, -0.15) is 0 Å². The summed E-state index contributed by atoms with van der Waals surface area (Å²) in [5.41, 5.74) is -0.671. The van der Waals surface area contributed by atoms with E-state index in [0.717, 1.165) is 5.23 Å². The van der Waals surface area contributed by atoms with Crippen molar-refractivity contribution in [2.24, 2.45) is 0 Å². The van der Waals surface area contributed by atoms with Gasteiger partial charge in [0.05, 0.1) is 26.2 Å². The lowest BCUT2D eigenvalue weighted by Crippen LogP contribution is -2.43. The van der Waals surface area contributed by atoms with Gasteiger partial charge in [0, 0.05) is 0 Å². The highest BCUT2D eigenvalue weighted by Gasteiger charge is 2.30.